The van der Waals surface area contributed by atoms with E-state index in [1.54, 1.807) is 60.7 Å². The van der Waals surface area contributed by atoms with E-state index in [4.69, 9.17) is 9.15 Å². The molecule has 0 aliphatic heterocycles. The first-order valence-corrected chi connectivity index (χ1v) is 14.7. The van der Waals surface area contributed by atoms with E-state index in [0.29, 0.717) is 23.6 Å². The van der Waals surface area contributed by atoms with Crippen LogP contribution in [0, 0.1) is 0 Å². The van der Waals surface area contributed by atoms with Crippen molar-refractivity contribution in [2.24, 2.45) is 0 Å². The second-order valence-electron chi connectivity index (χ2n) is 8.45. The van der Waals surface area contributed by atoms with Gasteiger partial charge in [0.25, 0.3) is 10.0 Å². The van der Waals surface area contributed by atoms with Crippen LogP contribution < -0.4 is 14.4 Å². The van der Waals surface area contributed by atoms with Gasteiger partial charge < -0.3 is 14.5 Å². The van der Waals surface area contributed by atoms with Crippen molar-refractivity contribution < 1.29 is 22.4 Å². The van der Waals surface area contributed by atoms with Gasteiger partial charge in [-0.2, -0.15) is 0 Å². The fourth-order valence-electron chi connectivity index (χ4n) is 4.25. The Morgan fingerprint density at radius 1 is 0.921 bits per heavy atom. The molecule has 0 radical (unpaired) electrons. The number of rotatable bonds is 9. The zero-order valence-corrected chi connectivity index (χ0v) is 22.5. The summed E-state index contributed by atoms with van der Waals surface area (Å²) in [6, 6.07) is 26.5. The van der Waals surface area contributed by atoms with Gasteiger partial charge in [-0.05, 0) is 67.8 Å². The number of ether oxygens (including phenoxy) is 1. The molecule has 9 heteroatoms. The van der Waals surface area contributed by atoms with Gasteiger partial charge in [-0.15, -0.1) is 11.8 Å². The summed E-state index contributed by atoms with van der Waals surface area (Å²) in [4.78, 5) is 14.3. The van der Waals surface area contributed by atoms with E-state index in [1.807, 2.05) is 43.5 Å². The fourth-order valence-corrected chi connectivity index (χ4v) is 6.09. The number of hydrogen-bond donors (Lipinski definition) is 1. The average molecular weight is 547 g/mol. The van der Waals surface area contributed by atoms with Gasteiger partial charge in [0.1, 0.15) is 23.5 Å². The molecule has 4 aromatic carbocycles. The number of carbonyl (C=O) groups is 1. The van der Waals surface area contributed by atoms with Crippen LogP contribution in [0.2, 0.25) is 0 Å². The largest absolute Gasteiger partial charge is 0.492 e. The van der Waals surface area contributed by atoms with Crippen LogP contribution in [0.15, 0.2) is 105 Å². The molecule has 0 fully saturated rings. The molecular formula is C29H26N2O5S2. The van der Waals surface area contributed by atoms with Crippen molar-refractivity contribution in [1.29, 1.82) is 0 Å². The van der Waals surface area contributed by atoms with Gasteiger partial charge in [0.05, 0.1) is 17.2 Å². The minimum Gasteiger partial charge on any atom is -0.492 e. The normalized spacial score (nSPS) is 11.5. The lowest BCUT2D eigenvalue weighted by atomic mass is 10.1. The van der Waals surface area contributed by atoms with Crippen LogP contribution in [-0.2, 0) is 14.8 Å². The third-order valence-corrected chi connectivity index (χ3v) is 8.55. The first-order chi connectivity index (χ1) is 18.4. The topological polar surface area (TPSA) is 88.8 Å². The highest BCUT2D eigenvalue weighted by molar-refractivity contribution is 7.98. The minimum atomic E-state index is -4.09. The van der Waals surface area contributed by atoms with Crippen molar-refractivity contribution in [1.82, 2.24) is 0 Å². The van der Waals surface area contributed by atoms with E-state index in [0.717, 1.165) is 25.6 Å². The quantitative estimate of drug-likeness (QED) is 0.211. The van der Waals surface area contributed by atoms with Crippen LogP contribution in [0.4, 0.5) is 11.4 Å². The van der Waals surface area contributed by atoms with Gasteiger partial charge in [0.2, 0.25) is 5.91 Å². The monoisotopic (exact) mass is 546 g/mol. The standard InChI is InChI=1S/C29H26N2O5S2/c1-3-35-27-11-7-5-9-25(27)31(38(33,34)22-15-13-21(37-2)14-16-22)19-29(32)30-20-12-17-24-23-8-4-6-10-26(23)36-28(24)18-20/h4-18H,3,19H2,1-2H3,(H,30,32). The number of fused-ring (bicyclic) bond motifs is 3. The first kappa shape index (κ1) is 25.7. The van der Waals surface area contributed by atoms with Crippen molar-refractivity contribution in [2.45, 2.75) is 16.7 Å². The maximum atomic E-state index is 13.8. The van der Waals surface area contributed by atoms with Gasteiger partial charge in [0.15, 0.2) is 0 Å². The molecule has 194 valence electrons. The van der Waals surface area contributed by atoms with Crippen molar-refractivity contribution >= 4 is 61.0 Å². The van der Waals surface area contributed by atoms with Crippen LogP contribution in [0.1, 0.15) is 6.92 Å². The number of nitrogens with zero attached hydrogens (tertiary/aromatic N) is 1. The summed E-state index contributed by atoms with van der Waals surface area (Å²) in [5.41, 5.74) is 2.17. The van der Waals surface area contributed by atoms with Gasteiger partial charge in [-0.1, -0.05) is 30.3 Å². The Hall–Kier alpha value is -3.95. The number of anilines is 2. The molecule has 1 heterocycles. The molecule has 5 aromatic rings. The van der Waals surface area contributed by atoms with Crippen molar-refractivity contribution in [3.8, 4) is 5.75 Å². The zero-order chi connectivity index (χ0) is 26.7. The maximum absolute atomic E-state index is 13.8. The number of carbonyl (C=O) groups excluding carboxylic acids is 1. The van der Waals surface area contributed by atoms with E-state index in [2.05, 4.69) is 5.32 Å². The number of hydrogen-bond acceptors (Lipinski definition) is 6. The molecule has 0 spiro atoms. The second kappa shape index (κ2) is 10.8. The average Bonchev–Trinajstić information content (AvgIpc) is 3.30. The molecule has 1 N–H and O–H groups in total. The van der Waals surface area contributed by atoms with E-state index in [-0.39, 0.29) is 10.6 Å². The second-order valence-corrected chi connectivity index (χ2v) is 11.2. The number of nitrogens with one attached hydrogen (secondary N) is 1. The molecule has 1 amide bonds. The SMILES string of the molecule is CCOc1ccccc1N(CC(=O)Nc1ccc2c(c1)oc1ccccc12)S(=O)(=O)c1ccc(SC)cc1. The number of benzene rings is 4. The molecule has 0 atom stereocenters. The zero-order valence-electron chi connectivity index (χ0n) is 20.9. The Bertz CT molecular complexity index is 1710. The Balaban J connectivity index is 1.48. The van der Waals surface area contributed by atoms with Crippen LogP contribution in [0.5, 0.6) is 5.75 Å². The Morgan fingerprint density at radius 2 is 1.63 bits per heavy atom. The van der Waals surface area contributed by atoms with Crippen molar-refractivity contribution in [3.63, 3.8) is 0 Å². The summed E-state index contributed by atoms with van der Waals surface area (Å²) >= 11 is 1.52. The lowest BCUT2D eigenvalue weighted by Gasteiger charge is -2.26. The first-order valence-electron chi connectivity index (χ1n) is 12.0. The number of amides is 1. The fraction of sp³-hybridized carbons (Fsp3) is 0.138. The molecular weight excluding hydrogens is 520 g/mol. The highest BCUT2D eigenvalue weighted by atomic mass is 32.2. The summed E-state index contributed by atoms with van der Waals surface area (Å²) in [7, 11) is -4.09. The Labute approximate surface area is 225 Å². The van der Waals surface area contributed by atoms with Gasteiger partial charge >= 0.3 is 0 Å². The summed E-state index contributed by atoms with van der Waals surface area (Å²) < 4.78 is 40.4. The maximum Gasteiger partial charge on any atom is 0.264 e. The van der Waals surface area contributed by atoms with Crippen LogP contribution in [0.3, 0.4) is 0 Å². The number of furan rings is 1. The number of thioether (sulfide) groups is 1. The Morgan fingerprint density at radius 3 is 2.39 bits per heavy atom. The smallest absolute Gasteiger partial charge is 0.264 e. The Kier molecular flexibility index (Phi) is 7.31. The molecule has 0 aliphatic rings. The molecule has 0 unspecified atom stereocenters. The molecule has 5 rings (SSSR count). The third-order valence-electron chi connectivity index (χ3n) is 6.03. The molecule has 0 bridgehead atoms. The molecule has 7 nitrogen and oxygen atoms in total. The summed E-state index contributed by atoms with van der Waals surface area (Å²) in [6.45, 7) is 1.71. The predicted octanol–water partition coefficient (Wildman–Crippen LogP) is 6.54. The third kappa shape index (κ3) is 5.07. The summed E-state index contributed by atoms with van der Waals surface area (Å²) in [5, 5.41) is 4.74. The van der Waals surface area contributed by atoms with Gasteiger partial charge in [0, 0.05) is 27.4 Å². The minimum absolute atomic E-state index is 0.0816. The molecule has 38 heavy (non-hydrogen) atoms. The van der Waals surface area contributed by atoms with Crippen molar-refractivity contribution in [2.75, 3.05) is 29.0 Å². The molecule has 0 saturated carbocycles. The van der Waals surface area contributed by atoms with Crippen LogP contribution in [-0.4, -0.2) is 33.7 Å². The van der Waals surface area contributed by atoms with E-state index in [9.17, 15) is 13.2 Å². The summed E-state index contributed by atoms with van der Waals surface area (Å²) in [5.74, 6) is -0.133. The van der Waals surface area contributed by atoms with E-state index < -0.39 is 22.5 Å². The van der Waals surface area contributed by atoms with Gasteiger partial charge in [-0.3, -0.25) is 9.10 Å². The predicted molar refractivity (Wildman–Crippen MR) is 153 cm³/mol. The lowest BCUT2D eigenvalue weighted by Crippen LogP contribution is -2.38. The lowest BCUT2D eigenvalue weighted by molar-refractivity contribution is -0.114. The summed E-state index contributed by atoms with van der Waals surface area (Å²) in [6.07, 6.45) is 1.92. The van der Waals surface area contributed by atoms with E-state index >= 15 is 0 Å². The molecule has 0 saturated heterocycles. The van der Waals surface area contributed by atoms with Gasteiger partial charge in [-0.25, -0.2) is 8.42 Å². The van der Waals surface area contributed by atoms with Crippen LogP contribution >= 0.6 is 11.8 Å². The number of sulfonamides is 1. The molecule has 0 aliphatic carbocycles. The van der Waals surface area contributed by atoms with Crippen molar-refractivity contribution in [3.05, 3.63) is 91.0 Å². The highest BCUT2D eigenvalue weighted by Crippen LogP contribution is 2.34. The van der Waals surface area contributed by atoms with Crippen LogP contribution in [0.25, 0.3) is 21.9 Å². The van der Waals surface area contributed by atoms with E-state index in [1.165, 1.54) is 11.8 Å². The number of para-hydroxylation sites is 3. The highest BCUT2D eigenvalue weighted by Gasteiger charge is 2.29. The molecule has 1 aromatic heterocycles.